The van der Waals surface area contributed by atoms with E-state index in [4.69, 9.17) is 9.15 Å². The van der Waals surface area contributed by atoms with E-state index in [1.165, 1.54) is 4.57 Å². The fourth-order valence-corrected chi connectivity index (χ4v) is 4.31. The molecule has 0 saturated carbocycles. The molecule has 0 aliphatic heterocycles. The molecule has 0 fully saturated rings. The SMILES string of the molecule is COc1cccc(CNC(=O)Cn2c(=O)n(CCc3ccccc3)c(=O)c3oc4ccccc4c32)c1. The number of carbonyl (C=O) groups is 1. The molecule has 8 heteroatoms. The van der Waals surface area contributed by atoms with Crippen LogP contribution in [0.4, 0.5) is 0 Å². The number of rotatable bonds is 8. The topological polar surface area (TPSA) is 95.5 Å². The Morgan fingerprint density at radius 2 is 1.67 bits per heavy atom. The minimum Gasteiger partial charge on any atom is -0.497 e. The van der Waals surface area contributed by atoms with E-state index in [1.54, 1.807) is 31.4 Å². The van der Waals surface area contributed by atoms with Crippen LogP contribution in [0.25, 0.3) is 22.1 Å². The highest BCUT2D eigenvalue weighted by Crippen LogP contribution is 2.25. The van der Waals surface area contributed by atoms with Crippen molar-refractivity contribution in [3.05, 3.63) is 111 Å². The van der Waals surface area contributed by atoms with Gasteiger partial charge in [-0.1, -0.05) is 54.6 Å². The normalized spacial score (nSPS) is 11.1. The van der Waals surface area contributed by atoms with Crippen molar-refractivity contribution >= 4 is 28.0 Å². The Labute approximate surface area is 206 Å². The number of nitrogens with zero attached hydrogens (tertiary/aromatic N) is 2. The van der Waals surface area contributed by atoms with E-state index in [0.717, 1.165) is 15.7 Å². The fraction of sp³-hybridized carbons (Fsp3) is 0.179. The van der Waals surface area contributed by atoms with E-state index in [-0.39, 0.29) is 31.1 Å². The number of fused-ring (bicyclic) bond motifs is 3. The molecular weight excluding hydrogens is 458 g/mol. The molecule has 0 atom stereocenters. The van der Waals surface area contributed by atoms with Crippen molar-refractivity contribution in [1.29, 1.82) is 0 Å². The quantitative estimate of drug-likeness (QED) is 0.365. The summed E-state index contributed by atoms with van der Waals surface area (Å²) in [5.74, 6) is 0.329. The predicted octanol–water partition coefficient (Wildman–Crippen LogP) is 3.48. The molecular formula is C28H25N3O5. The highest BCUT2D eigenvalue weighted by molar-refractivity contribution is 6.02. The number of ether oxygens (including phenoxy) is 1. The molecule has 0 spiro atoms. The molecule has 0 bridgehead atoms. The van der Waals surface area contributed by atoms with Gasteiger partial charge in [-0.05, 0) is 41.8 Å². The van der Waals surface area contributed by atoms with Crippen LogP contribution in [0, 0.1) is 0 Å². The number of methoxy groups -OCH3 is 1. The van der Waals surface area contributed by atoms with Crippen LogP contribution in [0.1, 0.15) is 11.1 Å². The van der Waals surface area contributed by atoms with Crippen LogP contribution >= 0.6 is 0 Å². The summed E-state index contributed by atoms with van der Waals surface area (Å²) in [4.78, 5) is 39.8. The lowest BCUT2D eigenvalue weighted by Gasteiger charge is -2.12. The second-order valence-electron chi connectivity index (χ2n) is 8.47. The Kier molecular flexibility index (Phi) is 6.40. The lowest BCUT2D eigenvalue weighted by molar-refractivity contribution is -0.121. The summed E-state index contributed by atoms with van der Waals surface area (Å²) in [5, 5.41) is 3.46. The van der Waals surface area contributed by atoms with Crippen LogP contribution in [0.5, 0.6) is 5.75 Å². The van der Waals surface area contributed by atoms with E-state index < -0.39 is 11.2 Å². The third-order valence-electron chi connectivity index (χ3n) is 6.13. The predicted molar refractivity (Wildman–Crippen MR) is 137 cm³/mol. The summed E-state index contributed by atoms with van der Waals surface area (Å²) in [6.45, 7) is 0.183. The molecule has 0 unspecified atom stereocenters. The third-order valence-corrected chi connectivity index (χ3v) is 6.13. The van der Waals surface area contributed by atoms with Gasteiger partial charge in [0.2, 0.25) is 11.5 Å². The summed E-state index contributed by atoms with van der Waals surface area (Å²) in [6.07, 6.45) is 0.490. The van der Waals surface area contributed by atoms with Gasteiger partial charge in [-0.25, -0.2) is 4.79 Å². The Hall–Kier alpha value is -4.59. The van der Waals surface area contributed by atoms with Crippen molar-refractivity contribution in [3.8, 4) is 5.75 Å². The zero-order chi connectivity index (χ0) is 25.1. The van der Waals surface area contributed by atoms with Crippen molar-refractivity contribution in [3.63, 3.8) is 0 Å². The smallest absolute Gasteiger partial charge is 0.332 e. The second kappa shape index (κ2) is 9.95. The van der Waals surface area contributed by atoms with Gasteiger partial charge in [0.05, 0.1) is 7.11 Å². The summed E-state index contributed by atoms with van der Waals surface area (Å²) in [7, 11) is 1.58. The number of aromatic nitrogens is 2. The van der Waals surface area contributed by atoms with Gasteiger partial charge in [0, 0.05) is 18.5 Å². The minimum absolute atomic E-state index is 0.0597. The van der Waals surface area contributed by atoms with Gasteiger partial charge in [0.15, 0.2) is 0 Å². The summed E-state index contributed by atoms with van der Waals surface area (Å²) < 4.78 is 13.6. The molecule has 8 nitrogen and oxygen atoms in total. The Balaban J connectivity index is 1.51. The van der Waals surface area contributed by atoms with Crippen LogP contribution in [0.3, 0.4) is 0 Å². The molecule has 0 aliphatic rings. The van der Waals surface area contributed by atoms with E-state index in [9.17, 15) is 14.4 Å². The van der Waals surface area contributed by atoms with E-state index in [0.29, 0.717) is 28.7 Å². The highest BCUT2D eigenvalue weighted by atomic mass is 16.5. The molecule has 5 aromatic rings. The number of carbonyl (C=O) groups excluding carboxylic acids is 1. The Morgan fingerprint density at radius 1 is 0.917 bits per heavy atom. The van der Waals surface area contributed by atoms with E-state index >= 15 is 0 Å². The van der Waals surface area contributed by atoms with Gasteiger partial charge in [0.1, 0.15) is 23.4 Å². The van der Waals surface area contributed by atoms with Gasteiger partial charge in [-0.2, -0.15) is 0 Å². The molecule has 182 valence electrons. The van der Waals surface area contributed by atoms with Crippen molar-refractivity contribution in [1.82, 2.24) is 14.5 Å². The number of nitrogens with one attached hydrogen (secondary N) is 1. The number of para-hydroxylation sites is 1. The molecule has 5 rings (SSSR count). The van der Waals surface area contributed by atoms with Gasteiger partial charge in [-0.3, -0.25) is 18.7 Å². The van der Waals surface area contributed by atoms with E-state index in [2.05, 4.69) is 5.32 Å². The molecule has 1 N–H and O–H groups in total. The fourth-order valence-electron chi connectivity index (χ4n) is 4.31. The summed E-state index contributed by atoms with van der Waals surface area (Å²) >= 11 is 0. The first-order chi connectivity index (χ1) is 17.5. The van der Waals surface area contributed by atoms with Crippen molar-refractivity contribution in [2.45, 2.75) is 26.1 Å². The van der Waals surface area contributed by atoms with Crippen LogP contribution in [0.2, 0.25) is 0 Å². The molecule has 36 heavy (non-hydrogen) atoms. The van der Waals surface area contributed by atoms with Gasteiger partial charge >= 0.3 is 5.69 Å². The first-order valence-electron chi connectivity index (χ1n) is 11.6. The standard InChI is InChI=1S/C28H25N3O5/c1-35-21-11-7-10-20(16-21)17-29-24(32)18-31-25-22-12-5-6-13-23(22)36-26(25)27(33)30(28(31)34)15-14-19-8-3-2-4-9-19/h2-13,16H,14-15,17-18H2,1H3,(H,29,32). The Bertz CT molecular complexity index is 1660. The number of amides is 1. The summed E-state index contributed by atoms with van der Waals surface area (Å²) in [6, 6.07) is 24.1. The zero-order valence-corrected chi connectivity index (χ0v) is 19.8. The molecule has 0 saturated heterocycles. The molecule has 3 aromatic carbocycles. The van der Waals surface area contributed by atoms with Crippen LogP contribution < -0.4 is 21.3 Å². The van der Waals surface area contributed by atoms with Crippen LogP contribution in [-0.2, 0) is 30.8 Å². The molecule has 2 aromatic heterocycles. The first kappa shape index (κ1) is 23.2. The molecule has 0 radical (unpaired) electrons. The number of aryl methyl sites for hydroxylation is 1. The van der Waals surface area contributed by atoms with Crippen LogP contribution in [-0.4, -0.2) is 22.2 Å². The maximum atomic E-state index is 13.5. The maximum absolute atomic E-state index is 13.5. The number of hydrogen-bond acceptors (Lipinski definition) is 5. The number of benzene rings is 3. The van der Waals surface area contributed by atoms with Crippen molar-refractivity contribution in [2.75, 3.05) is 7.11 Å². The average molecular weight is 484 g/mol. The second-order valence-corrected chi connectivity index (χ2v) is 8.47. The maximum Gasteiger partial charge on any atom is 0.332 e. The largest absolute Gasteiger partial charge is 0.497 e. The monoisotopic (exact) mass is 483 g/mol. The van der Waals surface area contributed by atoms with Crippen molar-refractivity contribution in [2.24, 2.45) is 0 Å². The van der Waals surface area contributed by atoms with Gasteiger partial charge in [-0.15, -0.1) is 0 Å². The van der Waals surface area contributed by atoms with Gasteiger partial charge < -0.3 is 14.5 Å². The van der Waals surface area contributed by atoms with E-state index in [1.807, 2.05) is 54.6 Å². The number of hydrogen-bond donors (Lipinski definition) is 1. The number of furan rings is 1. The van der Waals surface area contributed by atoms with Crippen LogP contribution in [0.15, 0.2) is 92.9 Å². The first-order valence-corrected chi connectivity index (χ1v) is 11.6. The lowest BCUT2D eigenvalue weighted by atomic mass is 10.1. The summed E-state index contributed by atoms with van der Waals surface area (Å²) in [5.41, 5.74) is 1.67. The third kappa shape index (κ3) is 4.53. The Morgan fingerprint density at radius 3 is 2.47 bits per heavy atom. The molecule has 1 amide bonds. The van der Waals surface area contributed by atoms with Crippen molar-refractivity contribution < 1.29 is 13.9 Å². The highest BCUT2D eigenvalue weighted by Gasteiger charge is 2.21. The molecule has 0 aliphatic carbocycles. The average Bonchev–Trinajstić information content (AvgIpc) is 3.30. The molecule has 2 heterocycles. The minimum atomic E-state index is -0.550. The zero-order valence-electron chi connectivity index (χ0n) is 19.8. The lowest BCUT2D eigenvalue weighted by Crippen LogP contribution is -2.42. The van der Waals surface area contributed by atoms with Gasteiger partial charge in [0.25, 0.3) is 5.56 Å².